The Morgan fingerprint density at radius 1 is 1.41 bits per heavy atom. The first-order valence-electron chi connectivity index (χ1n) is 10.6. The van der Waals surface area contributed by atoms with Gasteiger partial charge in [-0.1, -0.05) is 30.7 Å². The lowest BCUT2D eigenvalue weighted by Crippen LogP contribution is -2.23. The average molecular weight is 397 g/mol. The van der Waals surface area contributed by atoms with Gasteiger partial charge >= 0.3 is 5.97 Å². The van der Waals surface area contributed by atoms with E-state index in [0.717, 1.165) is 37.9 Å². The number of allylic oxidation sites excluding steroid dienone is 5. The van der Waals surface area contributed by atoms with Crippen molar-refractivity contribution in [3.63, 3.8) is 0 Å². The van der Waals surface area contributed by atoms with Crippen LogP contribution in [0, 0.1) is 5.92 Å². The Bertz CT molecular complexity index is 880. The molecular formula is C25H32O4. The first-order valence-corrected chi connectivity index (χ1v) is 10.6. The minimum absolute atomic E-state index is 0.0130. The van der Waals surface area contributed by atoms with Crippen molar-refractivity contribution in [1.29, 1.82) is 0 Å². The monoisotopic (exact) mass is 396 g/mol. The van der Waals surface area contributed by atoms with Crippen LogP contribution in [0.3, 0.4) is 0 Å². The van der Waals surface area contributed by atoms with Crippen LogP contribution in [0.25, 0.3) is 0 Å². The smallest absolute Gasteiger partial charge is 0.343 e. The molecule has 2 aliphatic rings. The van der Waals surface area contributed by atoms with Crippen molar-refractivity contribution in [1.82, 2.24) is 0 Å². The maximum atomic E-state index is 11.5. The Hall–Kier alpha value is -2.49. The number of rotatable bonds is 7. The van der Waals surface area contributed by atoms with Crippen molar-refractivity contribution in [3.8, 4) is 0 Å². The van der Waals surface area contributed by atoms with Gasteiger partial charge in [0.25, 0.3) is 0 Å². The lowest BCUT2D eigenvalue weighted by molar-refractivity contribution is -0.133. The van der Waals surface area contributed by atoms with E-state index in [1.165, 1.54) is 17.6 Å². The molecule has 0 spiro atoms. The number of carbonyl (C=O) groups excluding carboxylic acids is 1. The SMILES string of the molecule is CC1=C(O)/C(=C/[C@@H](C)CCC/C(C)=C\C=C\[C@]2(C)CCCc3ccoc32)OC1=O. The number of aliphatic hydroxyl groups excluding tert-OH is 1. The molecule has 0 radical (unpaired) electrons. The third-order valence-corrected chi connectivity index (χ3v) is 6.02. The number of hydrogen-bond acceptors (Lipinski definition) is 4. The number of ether oxygens (including phenoxy) is 1. The Balaban J connectivity index is 1.49. The molecular weight excluding hydrogens is 364 g/mol. The van der Waals surface area contributed by atoms with Crippen LogP contribution < -0.4 is 0 Å². The summed E-state index contributed by atoms with van der Waals surface area (Å²) in [6, 6.07) is 2.10. The first-order chi connectivity index (χ1) is 13.8. The Kier molecular flexibility index (Phi) is 6.51. The normalized spacial score (nSPS) is 25.0. The number of cyclic esters (lactones) is 1. The molecule has 0 amide bonds. The molecule has 2 atom stereocenters. The summed E-state index contributed by atoms with van der Waals surface area (Å²) < 4.78 is 10.9. The molecule has 3 rings (SSSR count). The van der Waals surface area contributed by atoms with E-state index in [1.54, 1.807) is 6.92 Å². The summed E-state index contributed by atoms with van der Waals surface area (Å²) in [6.07, 6.45) is 16.7. The fourth-order valence-corrected chi connectivity index (χ4v) is 4.12. The average Bonchev–Trinajstić information content (AvgIpc) is 3.24. The molecule has 1 aliphatic heterocycles. The summed E-state index contributed by atoms with van der Waals surface area (Å²) in [5.41, 5.74) is 2.95. The van der Waals surface area contributed by atoms with Crippen molar-refractivity contribution >= 4 is 5.97 Å². The predicted octanol–water partition coefficient (Wildman–Crippen LogP) is 6.46. The second-order valence-electron chi connectivity index (χ2n) is 8.68. The van der Waals surface area contributed by atoms with Gasteiger partial charge in [-0.15, -0.1) is 0 Å². The molecule has 0 saturated carbocycles. The first kappa shape index (κ1) is 21.2. The van der Waals surface area contributed by atoms with Crippen LogP contribution in [0.2, 0.25) is 0 Å². The number of fused-ring (bicyclic) bond motifs is 1. The highest BCUT2D eigenvalue weighted by Gasteiger charge is 2.32. The zero-order valence-corrected chi connectivity index (χ0v) is 18.0. The number of esters is 1. The molecule has 156 valence electrons. The van der Waals surface area contributed by atoms with Gasteiger partial charge < -0.3 is 14.3 Å². The summed E-state index contributed by atoms with van der Waals surface area (Å²) in [5.74, 6) is 1.16. The lowest BCUT2D eigenvalue weighted by Gasteiger charge is -2.29. The summed E-state index contributed by atoms with van der Waals surface area (Å²) in [7, 11) is 0. The molecule has 0 unspecified atom stereocenters. The molecule has 0 aromatic carbocycles. The van der Waals surface area contributed by atoms with Gasteiger partial charge in [-0.25, -0.2) is 4.79 Å². The number of hydrogen-bond donors (Lipinski definition) is 1. The van der Waals surface area contributed by atoms with E-state index >= 15 is 0 Å². The van der Waals surface area contributed by atoms with Crippen molar-refractivity contribution in [2.45, 2.75) is 71.6 Å². The van der Waals surface area contributed by atoms with E-state index in [-0.39, 0.29) is 22.7 Å². The summed E-state index contributed by atoms with van der Waals surface area (Å²) in [5, 5.41) is 9.91. The Morgan fingerprint density at radius 2 is 2.21 bits per heavy atom. The van der Waals surface area contributed by atoms with E-state index in [4.69, 9.17) is 9.15 Å². The molecule has 1 aromatic heterocycles. The summed E-state index contributed by atoms with van der Waals surface area (Å²) in [6.45, 7) is 8.06. The fraction of sp³-hybridized carbons (Fsp3) is 0.480. The quantitative estimate of drug-likeness (QED) is 0.425. The Morgan fingerprint density at radius 3 is 2.93 bits per heavy atom. The van der Waals surface area contributed by atoms with E-state index in [2.05, 4.69) is 45.1 Å². The van der Waals surface area contributed by atoms with Gasteiger partial charge in [-0.3, -0.25) is 0 Å². The molecule has 4 heteroatoms. The summed E-state index contributed by atoms with van der Waals surface area (Å²) in [4.78, 5) is 11.5. The minimum Gasteiger partial charge on any atom is -0.504 e. The zero-order valence-electron chi connectivity index (χ0n) is 18.0. The fourth-order valence-electron chi connectivity index (χ4n) is 4.12. The molecule has 0 fully saturated rings. The van der Waals surface area contributed by atoms with Crippen LogP contribution in [0.5, 0.6) is 0 Å². The standard InChI is InChI=1S/C25H32O4/c1-17(8-5-9-18(2)16-21-22(26)19(3)24(27)29-21)10-6-13-25(4)14-7-11-20-12-15-28-23(20)25/h6,10,12-13,15-16,18,26H,5,7-9,11,14H2,1-4H3/b13-6+,17-10-,21-16-/t18-,25+/m0/s1. The van der Waals surface area contributed by atoms with Crippen LogP contribution in [0.4, 0.5) is 0 Å². The topological polar surface area (TPSA) is 59.7 Å². The molecule has 2 heterocycles. The van der Waals surface area contributed by atoms with Crippen LogP contribution >= 0.6 is 0 Å². The van der Waals surface area contributed by atoms with Gasteiger partial charge in [0.15, 0.2) is 11.5 Å². The predicted molar refractivity (Wildman–Crippen MR) is 114 cm³/mol. The van der Waals surface area contributed by atoms with Gasteiger partial charge in [-0.05, 0) is 82.9 Å². The van der Waals surface area contributed by atoms with Gasteiger partial charge in [0.05, 0.1) is 11.8 Å². The third kappa shape index (κ3) is 4.92. The lowest BCUT2D eigenvalue weighted by atomic mass is 9.75. The number of aryl methyl sites for hydroxylation is 1. The molecule has 0 bridgehead atoms. The van der Waals surface area contributed by atoms with E-state index in [0.29, 0.717) is 5.76 Å². The minimum atomic E-state index is -0.458. The number of aliphatic hydroxyl groups is 1. The van der Waals surface area contributed by atoms with Gasteiger partial charge in [0.2, 0.25) is 0 Å². The van der Waals surface area contributed by atoms with Crippen molar-refractivity contribution < 1.29 is 19.1 Å². The van der Waals surface area contributed by atoms with Crippen molar-refractivity contribution in [3.05, 3.63) is 70.6 Å². The molecule has 1 N–H and O–H groups in total. The van der Waals surface area contributed by atoms with Gasteiger partial charge in [-0.2, -0.15) is 0 Å². The molecule has 1 aliphatic carbocycles. The van der Waals surface area contributed by atoms with E-state index < -0.39 is 5.97 Å². The second-order valence-corrected chi connectivity index (χ2v) is 8.68. The molecule has 1 aromatic rings. The second kappa shape index (κ2) is 8.89. The van der Waals surface area contributed by atoms with E-state index in [9.17, 15) is 9.90 Å². The van der Waals surface area contributed by atoms with Crippen molar-refractivity contribution in [2.75, 3.05) is 0 Å². The maximum Gasteiger partial charge on any atom is 0.343 e. The molecule has 4 nitrogen and oxygen atoms in total. The highest BCUT2D eigenvalue weighted by Crippen LogP contribution is 2.39. The molecule has 29 heavy (non-hydrogen) atoms. The number of furan rings is 1. The van der Waals surface area contributed by atoms with Crippen LogP contribution in [0.15, 0.2) is 63.7 Å². The maximum absolute atomic E-state index is 11.5. The van der Waals surface area contributed by atoms with Crippen LogP contribution in [0.1, 0.15) is 71.1 Å². The van der Waals surface area contributed by atoms with Crippen LogP contribution in [-0.4, -0.2) is 11.1 Å². The zero-order chi connectivity index (χ0) is 21.0. The highest BCUT2D eigenvalue weighted by atomic mass is 16.6. The highest BCUT2D eigenvalue weighted by molar-refractivity contribution is 5.93. The Labute approximate surface area is 173 Å². The van der Waals surface area contributed by atoms with Crippen molar-refractivity contribution in [2.24, 2.45) is 5.92 Å². The number of carbonyl (C=O) groups is 1. The largest absolute Gasteiger partial charge is 0.504 e. The molecule has 0 saturated heterocycles. The van der Waals surface area contributed by atoms with Gasteiger partial charge in [0, 0.05) is 5.41 Å². The summed E-state index contributed by atoms with van der Waals surface area (Å²) >= 11 is 0. The van der Waals surface area contributed by atoms with Crippen LogP contribution in [-0.2, 0) is 21.4 Å². The third-order valence-electron chi connectivity index (χ3n) is 6.02. The van der Waals surface area contributed by atoms with E-state index in [1.807, 2.05) is 12.3 Å². The van der Waals surface area contributed by atoms with Gasteiger partial charge in [0.1, 0.15) is 5.76 Å².